The third-order valence-electron chi connectivity index (χ3n) is 4.14. The third kappa shape index (κ3) is 4.83. The van der Waals surface area contributed by atoms with Crippen molar-refractivity contribution >= 4 is 15.9 Å². The molecule has 0 aliphatic heterocycles. The van der Waals surface area contributed by atoms with E-state index in [0.29, 0.717) is 18.4 Å². The second-order valence-electron chi connectivity index (χ2n) is 6.25. The maximum Gasteiger partial charge on any atom is 0.339 e. The number of carbonyl (C=O) groups excluding carboxylic acids is 1. The quantitative estimate of drug-likeness (QED) is 0.560. The Morgan fingerprint density at radius 3 is 2.15 bits per heavy atom. The SMILES string of the molecule is CC(=O)CCc1ccc(OS(=O)(=O)c2ccccc2-c2ccccc2)cc1. The van der Waals surface area contributed by atoms with E-state index in [1.54, 1.807) is 55.5 Å². The summed E-state index contributed by atoms with van der Waals surface area (Å²) in [6.07, 6.45) is 1.09. The smallest absolute Gasteiger partial charge is 0.339 e. The monoisotopic (exact) mass is 380 g/mol. The van der Waals surface area contributed by atoms with Crippen molar-refractivity contribution < 1.29 is 17.4 Å². The predicted octanol–water partition coefficient (Wildman–Crippen LogP) is 4.64. The Kier molecular flexibility index (Phi) is 5.72. The lowest BCUT2D eigenvalue weighted by Gasteiger charge is -2.12. The van der Waals surface area contributed by atoms with Crippen molar-refractivity contribution in [1.29, 1.82) is 0 Å². The molecule has 27 heavy (non-hydrogen) atoms. The van der Waals surface area contributed by atoms with Gasteiger partial charge >= 0.3 is 10.1 Å². The van der Waals surface area contributed by atoms with Crippen molar-refractivity contribution in [1.82, 2.24) is 0 Å². The Hall–Kier alpha value is -2.92. The molecular formula is C22H20O4S. The van der Waals surface area contributed by atoms with E-state index in [0.717, 1.165) is 11.1 Å². The molecule has 0 saturated heterocycles. The summed E-state index contributed by atoms with van der Waals surface area (Å²) in [6.45, 7) is 1.55. The van der Waals surface area contributed by atoms with Crippen LogP contribution in [0.1, 0.15) is 18.9 Å². The second-order valence-corrected chi connectivity index (χ2v) is 7.76. The lowest BCUT2D eigenvalue weighted by Crippen LogP contribution is -2.11. The maximum atomic E-state index is 12.8. The summed E-state index contributed by atoms with van der Waals surface area (Å²) in [4.78, 5) is 11.2. The highest BCUT2D eigenvalue weighted by Gasteiger charge is 2.21. The van der Waals surface area contributed by atoms with Gasteiger partial charge in [0.15, 0.2) is 0 Å². The molecular weight excluding hydrogens is 360 g/mol. The molecule has 0 saturated carbocycles. The zero-order valence-electron chi connectivity index (χ0n) is 15.0. The van der Waals surface area contributed by atoms with Crippen LogP contribution in [0.3, 0.4) is 0 Å². The van der Waals surface area contributed by atoms with E-state index in [9.17, 15) is 13.2 Å². The third-order valence-corrected chi connectivity index (χ3v) is 5.44. The van der Waals surface area contributed by atoms with Crippen LogP contribution in [-0.2, 0) is 21.3 Å². The van der Waals surface area contributed by atoms with Gasteiger partial charge in [0, 0.05) is 12.0 Å². The van der Waals surface area contributed by atoms with Gasteiger partial charge in [0.2, 0.25) is 0 Å². The van der Waals surface area contributed by atoms with Gasteiger partial charge in [0.05, 0.1) is 0 Å². The van der Waals surface area contributed by atoms with Crippen molar-refractivity contribution in [2.45, 2.75) is 24.7 Å². The van der Waals surface area contributed by atoms with E-state index in [2.05, 4.69) is 0 Å². The Morgan fingerprint density at radius 2 is 1.48 bits per heavy atom. The molecule has 0 aromatic heterocycles. The minimum atomic E-state index is -3.98. The Morgan fingerprint density at radius 1 is 0.852 bits per heavy atom. The van der Waals surface area contributed by atoms with Gasteiger partial charge in [0.1, 0.15) is 16.4 Å². The van der Waals surface area contributed by atoms with Crippen LogP contribution in [0.15, 0.2) is 83.8 Å². The minimum absolute atomic E-state index is 0.121. The Bertz CT molecular complexity index is 1020. The van der Waals surface area contributed by atoms with Gasteiger partial charge in [-0.2, -0.15) is 8.42 Å². The average molecular weight is 380 g/mol. The van der Waals surface area contributed by atoms with Crippen molar-refractivity contribution in [2.24, 2.45) is 0 Å². The molecule has 5 heteroatoms. The molecule has 0 unspecified atom stereocenters. The van der Waals surface area contributed by atoms with E-state index in [1.807, 2.05) is 30.3 Å². The first kappa shape index (κ1) is 18.9. The molecule has 0 atom stereocenters. The molecule has 0 spiro atoms. The first-order valence-electron chi connectivity index (χ1n) is 8.63. The van der Waals surface area contributed by atoms with Crippen molar-refractivity contribution in [3.63, 3.8) is 0 Å². The van der Waals surface area contributed by atoms with Gasteiger partial charge in [-0.15, -0.1) is 0 Å². The highest BCUT2D eigenvalue weighted by Crippen LogP contribution is 2.29. The molecule has 0 radical (unpaired) electrons. The zero-order chi connectivity index (χ0) is 19.3. The number of benzene rings is 3. The largest absolute Gasteiger partial charge is 0.379 e. The number of hydrogen-bond acceptors (Lipinski definition) is 4. The van der Waals surface area contributed by atoms with E-state index < -0.39 is 10.1 Å². The van der Waals surface area contributed by atoms with Crippen LogP contribution in [0.25, 0.3) is 11.1 Å². The molecule has 0 amide bonds. The number of Topliss-reactive ketones (excluding diaryl/α,β-unsaturated/α-hetero) is 1. The van der Waals surface area contributed by atoms with Crippen LogP contribution in [0.2, 0.25) is 0 Å². The maximum absolute atomic E-state index is 12.8. The first-order valence-corrected chi connectivity index (χ1v) is 10.0. The molecule has 0 fully saturated rings. The number of hydrogen-bond donors (Lipinski definition) is 0. The van der Waals surface area contributed by atoms with Crippen LogP contribution in [0, 0.1) is 0 Å². The summed E-state index contributed by atoms with van der Waals surface area (Å²) in [7, 11) is -3.98. The van der Waals surface area contributed by atoms with E-state index in [-0.39, 0.29) is 16.4 Å². The number of ketones is 1. The first-order chi connectivity index (χ1) is 13.0. The van der Waals surface area contributed by atoms with Crippen molar-refractivity contribution in [2.75, 3.05) is 0 Å². The molecule has 0 aliphatic carbocycles. The molecule has 0 N–H and O–H groups in total. The summed E-state index contributed by atoms with van der Waals surface area (Å²) in [6, 6.07) is 22.9. The topological polar surface area (TPSA) is 60.4 Å². The average Bonchev–Trinajstić information content (AvgIpc) is 2.68. The van der Waals surface area contributed by atoms with Crippen LogP contribution in [-0.4, -0.2) is 14.2 Å². The van der Waals surface area contributed by atoms with Crippen LogP contribution in [0.4, 0.5) is 0 Å². The van der Waals surface area contributed by atoms with E-state index >= 15 is 0 Å². The van der Waals surface area contributed by atoms with Gasteiger partial charge in [0.25, 0.3) is 0 Å². The van der Waals surface area contributed by atoms with Gasteiger partial charge < -0.3 is 8.98 Å². The van der Waals surface area contributed by atoms with Gasteiger partial charge in [-0.3, -0.25) is 0 Å². The van der Waals surface area contributed by atoms with Crippen LogP contribution >= 0.6 is 0 Å². The lowest BCUT2D eigenvalue weighted by molar-refractivity contribution is -0.116. The van der Waals surface area contributed by atoms with E-state index in [1.165, 1.54) is 0 Å². The van der Waals surface area contributed by atoms with Gasteiger partial charge in [-0.1, -0.05) is 60.7 Å². The molecule has 138 valence electrons. The highest BCUT2D eigenvalue weighted by atomic mass is 32.2. The fourth-order valence-corrected chi connectivity index (χ4v) is 3.90. The molecule has 0 bridgehead atoms. The fourth-order valence-electron chi connectivity index (χ4n) is 2.74. The summed E-state index contributed by atoms with van der Waals surface area (Å²) < 4.78 is 31.0. The standard InChI is InChI=1S/C22H20O4S/c1-17(23)11-12-18-13-15-20(16-14-18)26-27(24,25)22-10-6-5-9-21(22)19-7-3-2-4-8-19/h2-10,13-16H,11-12H2,1H3. The number of carbonyl (C=O) groups is 1. The van der Waals surface area contributed by atoms with Crippen LogP contribution < -0.4 is 4.18 Å². The minimum Gasteiger partial charge on any atom is -0.379 e. The molecule has 4 nitrogen and oxygen atoms in total. The Labute approximate surface area is 159 Å². The number of aryl methyl sites for hydroxylation is 1. The summed E-state index contributed by atoms with van der Waals surface area (Å²) in [5.74, 6) is 0.361. The molecule has 0 aliphatic rings. The molecule has 3 rings (SSSR count). The van der Waals surface area contributed by atoms with Crippen molar-refractivity contribution in [3.05, 3.63) is 84.4 Å². The predicted molar refractivity (Wildman–Crippen MR) is 105 cm³/mol. The highest BCUT2D eigenvalue weighted by molar-refractivity contribution is 7.87. The summed E-state index contributed by atoms with van der Waals surface area (Å²) >= 11 is 0. The summed E-state index contributed by atoms with van der Waals surface area (Å²) in [5, 5.41) is 0. The molecule has 3 aromatic carbocycles. The fraction of sp³-hybridized carbons (Fsp3) is 0.136. The zero-order valence-corrected chi connectivity index (χ0v) is 15.8. The second kappa shape index (κ2) is 8.18. The van der Waals surface area contributed by atoms with Crippen LogP contribution in [0.5, 0.6) is 5.75 Å². The van der Waals surface area contributed by atoms with Crippen molar-refractivity contribution in [3.8, 4) is 16.9 Å². The van der Waals surface area contributed by atoms with Gasteiger partial charge in [-0.25, -0.2) is 0 Å². The number of rotatable bonds is 7. The molecule has 0 heterocycles. The normalized spacial score (nSPS) is 11.1. The Balaban J connectivity index is 1.85. The summed E-state index contributed by atoms with van der Waals surface area (Å²) in [5.41, 5.74) is 2.36. The van der Waals surface area contributed by atoms with Gasteiger partial charge in [-0.05, 0) is 42.7 Å². The van der Waals surface area contributed by atoms with E-state index in [4.69, 9.17) is 4.18 Å². The lowest BCUT2D eigenvalue weighted by atomic mass is 10.1. The molecule has 3 aromatic rings.